The topological polar surface area (TPSA) is 20.2 Å². The monoisotopic (exact) mass is 220 g/mol. The average molecular weight is 220 g/mol. The molecule has 0 saturated carbocycles. The van der Waals surface area contributed by atoms with Crippen molar-refractivity contribution in [1.29, 1.82) is 0 Å². The van der Waals surface area contributed by atoms with Crippen LogP contribution in [-0.2, 0) is 5.60 Å². The second-order valence-electron chi connectivity index (χ2n) is 4.91. The van der Waals surface area contributed by atoms with Crippen LogP contribution >= 0.6 is 0 Å². The summed E-state index contributed by atoms with van der Waals surface area (Å²) < 4.78 is 0. The van der Waals surface area contributed by atoms with Crippen LogP contribution in [0.5, 0.6) is 0 Å². The molecule has 0 heterocycles. The lowest BCUT2D eigenvalue weighted by Gasteiger charge is -2.29. The molecule has 1 aromatic rings. The predicted octanol–water partition coefficient (Wildman–Crippen LogP) is 4.09. The molecule has 0 atom stereocenters. The molecular weight excluding hydrogens is 196 g/mol. The summed E-state index contributed by atoms with van der Waals surface area (Å²) in [5, 5.41) is 10.7. The second kappa shape index (κ2) is 5.49. The van der Waals surface area contributed by atoms with Crippen molar-refractivity contribution in [1.82, 2.24) is 0 Å². The van der Waals surface area contributed by atoms with Crippen LogP contribution in [-0.4, -0.2) is 5.11 Å². The van der Waals surface area contributed by atoms with Crippen molar-refractivity contribution < 1.29 is 5.11 Å². The van der Waals surface area contributed by atoms with Gasteiger partial charge in [0.2, 0.25) is 0 Å². The van der Waals surface area contributed by atoms with Crippen LogP contribution in [0.2, 0.25) is 0 Å². The molecule has 0 amide bonds. The highest BCUT2D eigenvalue weighted by Gasteiger charge is 2.27. The first-order valence-corrected chi connectivity index (χ1v) is 6.33. The Balaban J connectivity index is 3.09. The zero-order valence-corrected chi connectivity index (χ0v) is 11.0. The molecule has 0 aromatic heterocycles. The van der Waals surface area contributed by atoms with E-state index in [4.69, 9.17) is 0 Å². The average Bonchev–Trinajstić information content (AvgIpc) is 2.16. The molecule has 1 nitrogen and oxygen atoms in total. The SMILES string of the molecule is CCCC(O)(CCC)c1cc(C)cc(C)c1. The number of hydrogen-bond acceptors (Lipinski definition) is 1. The number of hydrogen-bond donors (Lipinski definition) is 1. The number of aliphatic hydroxyl groups is 1. The van der Waals surface area contributed by atoms with Crippen molar-refractivity contribution in [3.63, 3.8) is 0 Å². The quantitative estimate of drug-likeness (QED) is 0.792. The molecule has 0 unspecified atom stereocenters. The fourth-order valence-electron chi connectivity index (χ4n) is 2.48. The molecule has 0 aliphatic rings. The van der Waals surface area contributed by atoms with Crippen LogP contribution < -0.4 is 0 Å². The first-order chi connectivity index (χ1) is 7.51. The molecular formula is C15H24O. The summed E-state index contributed by atoms with van der Waals surface area (Å²) in [6, 6.07) is 6.40. The van der Waals surface area contributed by atoms with Crippen molar-refractivity contribution in [2.24, 2.45) is 0 Å². The predicted molar refractivity (Wildman–Crippen MR) is 69.6 cm³/mol. The van der Waals surface area contributed by atoms with Gasteiger partial charge in [-0.25, -0.2) is 0 Å². The van der Waals surface area contributed by atoms with Crippen molar-refractivity contribution >= 4 is 0 Å². The van der Waals surface area contributed by atoms with Gasteiger partial charge >= 0.3 is 0 Å². The molecule has 16 heavy (non-hydrogen) atoms. The highest BCUT2D eigenvalue weighted by atomic mass is 16.3. The molecule has 0 saturated heterocycles. The Labute approximate surface area is 99.5 Å². The van der Waals surface area contributed by atoms with Crippen LogP contribution in [0.25, 0.3) is 0 Å². The van der Waals surface area contributed by atoms with Crippen LogP contribution in [0.4, 0.5) is 0 Å². The third-order valence-electron chi connectivity index (χ3n) is 3.09. The molecule has 0 fully saturated rings. The van der Waals surface area contributed by atoms with Gasteiger partial charge in [-0.1, -0.05) is 56.0 Å². The standard InChI is InChI=1S/C15H24O/c1-5-7-15(16,8-6-2)14-10-12(3)9-13(4)11-14/h9-11,16H,5-8H2,1-4H3. The summed E-state index contributed by atoms with van der Waals surface area (Å²) in [6.07, 6.45) is 3.74. The van der Waals surface area contributed by atoms with Crippen molar-refractivity contribution in [2.75, 3.05) is 0 Å². The minimum absolute atomic E-state index is 0.625. The summed E-state index contributed by atoms with van der Waals surface area (Å²) >= 11 is 0. The maximum atomic E-state index is 10.7. The third kappa shape index (κ3) is 3.08. The van der Waals surface area contributed by atoms with E-state index in [0.29, 0.717) is 0 Å². The van der Waals surface area contributed by atoms with Gasteiger partial charge in [0.15, 0.2) is 0 Å². The zero-order valence-electron chi connectivity index (χ0n) is 11.0. The molecule has 1 aromatic carbocycles. The fourth-order valence-corrected chi connectivity index (χ4v) is 2.48. The van der Waals surface area contributed by atoms with E-state index >= 15 is 0 Å². The smallest absolute Gasteiger partial charge is 0.0896 e. The molecule has 1 rings (SSSR count). The molecule has 0 spiro atoms. The Hall–Kier alpha value is -0.820. The van der Waals surface area contributed by atoms with Crippen LogP contribution in [0, 0.1) is 13.8 Å². The van der Waals surface area contributed by atoms with Crippen LogP contribution in [0.3, 0.4) is 0 Å². The Morgan fingerprint density at radius 2 is 1.38 bits per heavy atom. The summed E-state index contributed by atoms with van der Waals surface area (Å²) in [5.74, 6) is 0. The minimum Gasteiger partial charge on any atom is -0.385 e. The van der Waals surface area contributed by atoms with Crippen molar-refractivity contribution in [3.8, 4) is 0 Å². The molecule has 0 radical (unpaired) electrons. The van der Waals surface area contributed by atoms with Gasteiger partial charge in [0.05, 0.1) is 5.60 Å². The van der Waals surface area contributed by atoms with Gasteiger partial charge in [-0.05, 0) is 32.3 Å². The van der Waals surface area contributed by atoms with Crippen molar-refractivity contribution in [3.05, 3.63) is 34.9 Å². The molecule has 90 valence electrons. The van der Waals surface area contributed by atoms with Gasteiger partial charge < -0.3 is 5.11 Å². The van der Waals surface area contributed by atoms with E-state index in [0.717, 1.165) is 31.2 Å². The zero-order chi connectivity index (χ0) is 12.2. The molecule has 1 heteroatoms. The van der Waals surface area contributed by atoms with E-state index in [-0.39, 0.29) is 0 Å². The maximum absolute atomic E-state index is 10.7. The van der Waals surface area contributed by atoms with Gasteiger partial charge in [0, 0.05) is 0 Å². The van der Waals surface area contributed by atoms with Crippen LogP contribution in [0.1, 0.15) is 56.2 Å². The van der Waals surface area contributed by atoms with Gasteiger partial charge in [-0.3, -0.25) is 0 Å². The maximum Gasteiger partial charge on any atom is 0.0896 e. The van der Waals surface area contributed by atoms with E-state index in [9.17, 15) is 5.11 Å². The van der Waals surface area contributed by atoms with Crippen molar-refractivity contribution in [2.45, 2.75) is 59.0 Å². The van der Waals surface area contributed by atoms with E-state index < -0.39 is 5.60 Å². The van der Waals surface area contributed by atoms with Gasteiger partial charge in [-0.15, -0.1) is 0 Å². The molecule has 0 aliphatic heterocycles. The van der Waals surface area contributed by atoms with Gasteiger partial charge in [0.1, 0.15) is 0 Å². The third-order valence-corrected chi connectivity index (χ3v) is 3.09. The number of aryl methyl sites for hydroxylation is 2. The summed E-state index contributed by atoms with van der Waals surface area (Å²) in [7, 11) is 0. The first kappa shape index (κ1) is 13.2. The minimum atomic E-state index is -0.625. The normalized spacial score (nSPS) is 11.8. The highest BCUT2D eigenvalue weighted by Crippen LogP contribution is 2.32. The summed E-state index contributed by atoms with van der Waals surface area (Å²) in [4.78, 5) is 0. The van der Waals surface area contributed by atoms with E-state index in [2.05, 4.69) is 45.9 Å². The van der Waals surface area contributed by atoms with Gasteiger partial charge in [0.25, 0.3) is 0 Å². The lowest BCUT2D eigenvalue weighted by atomic mass is 9.84. The Kier molecular flexibility index (Phi) is 4.55. The second-order valence-corrected chi connectivity index (χ2v) is 4.91. The first-order valence-electron chi connectivity index (χ1n) is 6.33. The fraction of sp³-hybridized carbons (Fsp3) is 0.600. The number of rotatable bonds is 5. The largest absolute Gasteiger partial charge is 0.385 e. The molecule has 0 aliphatic carbocycles. The van der Waals surface area contributed by atoms with E-state index in [1.807, 2.05) is 0 Å². The lowest BCUT2D eigenvalue weighted by molar-refractivity contribution is 0.0169. The lowest BCUT2D eigenvalue weighted by Crippen LogP contribution is -2.25. The van der Waals surface area contributed by atoms with E-state index in [1.54, 1.807) is 0 Å². The Morgan fingerprint density at radius 3 is 1.75 bits per heavy atom. The van der Waals surface area contributed by atoms with Gasteiger partial charge in [-0.2, -0.15) is 0 Å². The molecule has 1 N–H and O–H groups in total. The van der Waals surface area contributed by atoms with Crippen LogP contribution in [0.15, 0.2) is 18.2 Å². The van der Waals surface area contributed by atoms with E-state index in [1.165, 1.54) is 11.1 Å². The Morgan fingerprint density at radius 1 is 0.938 bits per heavy atom. The summed E-state index contributed by atoms with van der Waals surface area (Å²) in [5.41, 5.74) is 2.94. The number of benzene rings is 1. The molecule has 0 bridgehead atoms. The summed E-state index contributed by atoms with van der Waals surface area (Å²) in [6.45, 7) is 8.44. The highest BCUT2D eigenvalue weighted by molar-refractivity contribution is 5.32. The Bertz CT molecular complexity index is 315.